The van der Waals surface area contributed by atoms with Crippen molar-refractivity contribution in [2.24, 2.45) is 0 Å². The van der Waals surface area contributed by atoms with Gasteiger partial charge >= 0.3 is 12.0 Å². The summed E-state index contributed by atoms with van der Waals surface area (Å²) in [6, 6.07) is -0.719. The fourth-order valence-corrected chi connectivity index (χ4v) is 1.36. The summed E-state index contributed by atoms with van der Waals surface area (Å²) in [5.74, 6) is -0.930. The number of carbonyl (C=O) groups excluding carboxylic acids is 1. The highest BCUT2D eigenvalue weighted by atomic mass is 16.5. The van der Waals surface area contributed by atoms with Gasteiger partial charge in [0.2, 0.25) is 0 Å². The van der Waals surface area contributed by atoms with Gasteiger partial charge < -0.3 is 25.2 Å². The Labute approximate surface area is 113 Å². The number of nitrogens with one attached hydrogen (secondary N) is 2. The van der Waals surface area contributed by atoms with E-state index in [0.717, 1.165) is 12.8 Å². The molecule has 0 saturated carbocycles. The number of carboxylic acid groups (broad SMARTS) is 1. The van der Waals surface area contributed by atoms with Gasteiger partial charge in [0.25, 0.3) is 0 Å². The van der Waals surface area contributed by atoms with E-state index in [9.17, 15) is 9.59 Å². The molecule has 0 saturated heterocycles. The Morgan fingerprint density at radius 3 is 2.58 bits per heavy atom. The van der Waals surface area contributed by atoms with Crippen LogP contribution >= 0.6 is 0 Å². The lowest BCUT2D eigenvalue weighted by atomic mass is 10.2. The number of carbonyl (C=O) groups is 2. The second-order valence-corrected chi connectivity index (χ2v) is 4.21. The van der Waals surface area contributed by atoms with Gasteiger partial charge in [0, 0.05) is 26.3 Å². The molecule has 1 atom stereocenters. The van der Waals surface area contributed by atoms with Crippen LogP contribution in [0.4, 0.5) is 4.79 Å². The second kappa shape index (κ2) is 11.7. The topological polar surface area (TPSA) is 96.9 Å². The minimum Gasteiger partial charge on any atom is -0.481 e. The van der Waals surface area contributed by atoms with E-state index in [-0.39, 0.29) is 18.5 Å². The Bertz CT molecular complexity index is 261. The van der Waals surface area contributed by atoms with Crippen molar-refractivity contribution >= 4 is 12.0 Å². The van der Waals surface area contributed by atoms with Crippen LogP contribution in [-0.2, 0) is 14.3 Å². The first kappa shape index (κ1) is 17.7. The van der Waals surface area contributed by atoms with Gasteiger partial charge in [0.1, 0.15) is 0 Å². The quantitative estimate of drug-likeness (QED) is 0.480. The molecule has 7 heteroatoms. The van der Waals surface area contributed by atoms with Gasteiger partial charge in [-0.2, -0.15) is 0 Å². The standard InChI is InChI=1S/C12H24N2O5/c1-10(9-11(15)16)14-12(17)13-5-3-4-6-19-8-7-18-2/h10H,3-9H2,1-2H3,(H,15,16)(H2,13,14,17). The molecule has 0 rings (SSSR count). The maximum absolute atomic E-state index is 11.3. The molecule has 0 heterocycles. The fraction of sp³-hybridized carbons (Fsp3) is 0.833. The van der Waals surface area contributed by atoms with Gasteiger partial charge in [0.15, 0.2) is 0 Å². The van der Waals surface area contributed by atoms with Crippen molar-refractivity contribution in [3.8, 4) is 0 Å². The second-order valence-electron chi connectivity index (χ2n) is 4.21. The van der Waals surface area contributed by atoms with Gasteiger partial charge in [-0.15, -0.1) is 0 Å². The minimum absolute atomic E-state index is 0.0826. The average molecular weight is 276 g/mol. The zero-order chi connectivity index (χ0) is 14.5. The molecule has 0 aromatic heterocycles. The summed E-state index contributed by atoms with van der Waals surface area (Å²) in [4.78, 5) is 21.8. The van der Waals surface area contributed by atoms with E-state index in [2.05, 4.69) is 10.6 Å². The van der Waals surface area contributed by atoms with Crippen LogP contribution in [0.2, 0.25) is 0 Å². The van der Waals surface area contributed by atoms with Crippen LogP contribution in [0.5, 0.6) is 0 Å². The van der Waals surface area contributed by atoms with Gasteiger partial charge in [-0.25, -0.2) is 4.79 Å². The maximum Gasteiger partial charge on any atom is 0.315 e. The van der Waals surface area contributed by atoms with Crippen molar-refractivity contribution in [1.29, 1.82) is 0 Å². The number of urea groups is 1. The van der Waals surface area contributed by atoms with Crippen LogP contribution in [0.3, 0.4) is 0 Å². The third-order valence-electron chi connectivity index (χ3n) is 2.29. The van der Waals surface area contributed by atoms with Crippen LogP contribution < -0.4 is 10.6 Å². The number of rotatable bonds is 11. The molecule has 0 aliphatic carbocycles. The predicted octanol–water partition coefficient (Wildman–Crippen LogP) is 0.592. The van der Waals surface area contributed by atoms with Crippen LogP contribution in [0, 0.1) is 0 Å². The highest BCUT2D eigenvalue weighted by Gasteiger charge is 2.09. The summed E-state index contributed by atoms with van der Waals surface area (Å²) in [5.41, 5.74) is 0. The summed E-state index contributed by atoms with van der Waals surface area (Å²) in [7, 11) is 1.62. The highest BCUT2D eigenvalue weighted by molar-refractivity contribution is 5.75. The Hall–Kier alpha value is -1.34. The molecule has 112 valence electrons. The van der Waals surface area contributed by atoms with Gasteiger partial charge in [0.05, 0.1) is 19.6 Å². The number of ether oxygens (including phenoxy) is 2. The number of hydrogen-bond acceptors (Lipinski definition) is 4. The molecule has 7 nitrogen and oxygen atoms in total. The smallest absolute Gasteiger partial charge is 0.315 e. The third-order valence-corrected chi connectivity index (χ3v) is 2.29. The molecule has 1 unspecified atom stereocenters. The van der Waals surface area contributed by atoms with E-state index in [1.807, 2.05) is 0 Å². The molecular formula is C12H24N2O5. The summed E-state index contributed by atoms with van der Waals surface area (Å²) in [6.45, 7) is 4.00. The van der Waals surface area contributed by atoms with Crippen molar-refractivity contribution in [1.82, 2.24) is 10.6 Å². The largest absolute Gasteiger partial charge is 0.481 e. The van der Waals surface area contributed by atoms with E-state index < -0.39 is 5.97 Å². The number of carboxylic acids is 1. The Balaban J connectivity index is 3.36. The molecule has 19 heavy (non-hydrogen) atoms. The Morgan fingerprint density at radius 2 is 1.95 bits per heavy atom. The lowest BCUT2D eigenvalue weighted by Crippen LogP contribution is -2.41. The first-order valence-corrected chi connectivity index (χ1v) is 6.39. The summed E-state index contributed by atoms with van der Waals surface area (Å²) in [6.07, 6.45) is 1.59. The zero-order valence-electron chi connectivity index (χ0n) is 11.6. The molecule has 3 N–H and O–H groups in total. The SMILES string of the molecule is COCCOCCCCNC(=O)NC(C)CC(=O)O. The van der Waals surface area contributed by atoms with E-state index in [4.69, 9.17) is 14.6 Å². The molecule has 0 aromatic carbocycles. The van der Waals surface area contributed by atoms with E-state index in [0.29, 0.717) is 26.4 Å². The molecule has 0 spiro atoms. The Morgan fingerprint density at radius 1 is 1.21 bits per heavy atom. The minimum atomic E-state index is -0.930. The number of amides is 2. The van der Waals surface area contributed by atoms with Crippen LogP contribution in [0.25, 0.3) is 0 Å². The van der Waals surface area contributed by atoms with Gasteiger partial charge in [-0.1, -0.05) is 0 Å². The van der Waals surface area contributed by atoms with E-state index in [1.165, 1.54) is 0 Å². The molecule has 0 radical (unpaired) electrons. The molecule has 0 aliphatic rings. The van der Waals surface area contributed by atoms with Crippen molar-refractivity contribution in [3.63, 3.8) is 0 Å². The van der Waals surface area contributed by atoms with Gasteiger partial charge in [-0.05, 0) is 19.8 Å². The lowest BCUT2D eigenvalue weighted by Gasteiger charge is -2.12. The maximum atomic E-state index is 11.3. The number of aliphatic carboxylic acids is 1. The average Bonchev–Trinajstić information content (AvgIpc) is 2.31. The lowest BCUT2D eigenvalue weighted by molar-refractivity contribution is -0.137. The predicted molar refractivity (Wildman–Crippen MR) is 70.2 cm³/mol. The molecule has 2 amide bonds. The Kier molecular flexibility index (Phi) is 10.9. The van der Waals surface area contributed by atoms with Crippen molar-refractivity contribution in [3.05, 3.63) is 0 Å². The molecule has 0 aromatic rings. The summed E-state index contributed by atoms with van der Waals surface area (Å²) >= 11 is 0. The van der Waals surface area contributed by atoms with Crippen LogP contribution in [-0.4, -0.2) is 56.6 Å². The van der Waals surface area contributed by atoms with Crippen LogP contribution in [0.1, 0.15) is 26.2 Å². The summed E-state index contributed by atoms with van der Waals surface area (Å²) < 4.78 is 10.1. The first-order chi connectivity index (χ1) is 9.06. The molecule has 0 aliphatic heterocycles. The van der Waals surface area contributed by atoms with Crippen molar-refractivity contribution < 1.29 is 24.2 Å². The number of methoxy groups -OCH3 is 1. The summed E-state index contributed by atoms with van der Waals surface area (Å²) in [5, 5.41) is 13.8. The monoisotopic (exact) mass is 276 g/mol. The van der Waals surface area contributed by atoms with E-state index in [1.54, 1.807) is 14.0 Å². The van der Waals surface area contributed by atoms with Crippen LogP contribution in [0.15, 0.2) is 0 Å². The number of unbranched alkanes of at least 4 members (excludes halogenated alkanes) is 1. The molecular weight excluding hydrogens is 252 g/mol. The fourth-order valence-electron chi connectivity index (χ4n) is 1.36. The van der Waals surface area contributed by atoms with Crippen molar-refractivity contribution in [2.75, 3.05) is 33.5 Å². The number of hydrogen-bond donors (Lipinski definition) is 3. The highest BCUT2D eigenvalue weighted by Crippen LogP contribution is 1.91. The molecule has 0 fully saturated rings. The first-order valence-electron chi connectivity index (χ1n) is 6.39. The normalized spacial score (nSPS) is 11.9. The molecule has 0 bridgehead atoms. The van der Waals surface area contributed by atoms with E-state index >= 15 is 0 Å². The third kappa shape index (κ3) is 12.9. The zero-order valence-corrected chi connectivity index (χ0v) is 11.6. The van der Waals surface area contributed by atoms with Gasteiger partial charge in [-0.3, -0.25) is 4.79 Å². The van der Waals surface area contributed by atoms with Crippen molar-refractivity contribution in [2.45, 2.75) is 32.2 Å².